The second kappa shape index (κ2) is 11.2. The molecule has 1 saturated carbocycles. The minimum atomic E-state index is 0. The van der Waals surface area contributed by atoms with E-state index in [0.29, 0.717) is 11.3 Å². The zero-order valence-electron chi connectivity index (χ0n) is 18.3. The van der Waals surface area contributed by atoms with Crippen LogP contribution in [0.2, 0.25) is 0 Å². The third kappa shape index (κ3) is 5.55. The van der Waals surface area contributed by atoms with Gasteiger partial charge >= 0.3 is 5.69 Å². The molecule has 0 aromatic carbocycles. The molecule has 2 aliphatic heterocycles. The van der Waals surface area contributed by atoms with Crippen LogP contribution >= 0.6 is 35.7 Å². The zero-order chi connectivity index (χ0) is 20.1. The van der Waals surface area contributed by atoms with Crippen molar-refractivity contribution in [1.29, 1.82) is 0 Å². The lowest BCUT2D eigenvalue weighted by molar-refractivity contribution is 0.293. The number of halogens is 1. The second-order valence-electron chi connectivity index (χ2n) is 8.63. The summed E-state index contributed by atoms with van der Waals surface area (Å²) in [7, 11) is 0. The van der Waals surface area contributed by atoms with Crippen LogP contribution in [0.5, 0.6) is 0 Å². The highest BCUT2D eigenvalue weighted by Gasteiger charge is 2.38. The highest BCUT2D eigenvalue weighted by Crippen LogP contribution is 2.42. The quantitative estimate of drug-likeness (QED) is 0.265. The fourth-order valence-corrected chi connectivity index (χ4v) is 6.52. The van der Waals surface area contributed by atoms with Gasteiger partial charge in [0, 0.05) is 56.2 Å². The average molecular weight is 549 g/mol. The Kier molecular flexibility index (Phi) is 8.97. The number of thioether (sulfide) groups is 1. The molecule has 1 N–H and O–H groups in total. The van der Waals surface area contributed by atoms with E-state index in [1.807, 2.05) is 4.57 Å². The number of rotatable bonds is 5. The number of aryl methyl sites for hydroxylation is 2. The van der Waals surface area contributed by atoms with Gasteiger partial charge in [0.1, 0.15) is 5.82 Å². The predicted octanol–water partition coefficient (Wildman–Crippen LogP) is 3.11. The SMILES string of the molecule is CCNC(=NCCCn1nc2n(c1=O)CCCC2)N1CCSC2(CCCCC2)C1.I. The van der Waals surface area contributed by atoms with E-state index in [-0.39, 0.29) is 29.7 Å². The zero-order valence-corrected chi connectivity index (χ0v) is 21.4. The molecule has 1 aromatic rings. The molecular weight excluding hydrogens is 511 g/mol. The summed E-state index contributed by atoms with van der Waals surface area (Å²) < 4.78 is 3.94. The highest BCUT2D eigenvalue weighted by molar-refractivity contribution is 14.0. The van der Waals surface area contributed by atoms with Crippen molar-refractivity contribution < 1.29 is 0 Å². The van der Waals surface area contributed by atoms with Crippen molar-refractivity contribution >= 4 is 41.7 Å². The van der Waals surface area contributed by atoms with Crippen LogP contribution in [0.3, 0.4) is 0 Å². The Morgan fingerprint density at radius 3 is 2.80 bits per heavy atom. The molecule has 0 bridgehead atoms. The van der Waals surface area contributed by atoms with Gasteiger partial charge in [-0.3, -0.25) is 9.56 Å². The summed E-state index contributed by atoms with van der Waals surface area (Å²) in [4.78, 5) is 19.9. The molecule has 30 heavy (non-hydrogen) atoms. The van der Waals surface area contributed by atoms with E-state index in [4.69, 9.17) is 4.99 Å². The van der Waals surface area contributed by atoms with Crippen LogP contribution in [0.15, 0.2) is 9.79 Å². The Morgan fingerprint density at radius 1 is 1.20 bits per heavy atom. The van der Waals surface area contributed by atoms with Gasteiger partial charge < -0.3 is 10.2 Å². The molecule has 7 nitrogen and oxygen atoms in total. The van der Waals surface area contributed by atoms with E-state index in [1.165, 1.54) is 37.9 Å². The number of nitrogens with zero attached hydrogens (tertiary/aromatic N) is 5. The first kappa shape index (κ1) is 23.9. The normalized spacial score (nSPS) is 21.2. The van der Waals surface area contributed by atoms with Gasteiger partial charge in [-0.05, 0) is 39.0 Å². The standard InChI is InChI=1S/C21H36N6OS.HI/c1-2-22-19(25-15-16-29-21(17-25)10-5-3-6-11-21)23-12-8-14-27-20(28)26-13-7-4-9-18(26)24-27;/h2-17H2,1H3,(H,22,23);1H. The summed E-state index contributed by atoms with van der Waals surface area (Å²) in [6.07, 6.45) is 10.8. The van der Waals surface area contributed by atoms with Gasteiger partial charge in [-0.2, -0.15) is 16.9 Å². The van der Waals surface area contributed by atoms with Crippen molar-refractivity contribution in [2.24, 2.45) is 4.99 Å². The van der Waals surface area contributed by atoms with Gasteiger partial charge in [-0.15, -0.1) is 24.0 Å². The molecule has 0 atom stereocenters. The van der Waals surface area contributed by atoms with Crippen LogP contribution < -0.4 is 11.0 Å². The summed E-state index contributed by atoms with van der Waals surface area (Å²) in [5.41, 5.74) is 0.0582. The molecule has 170 valence electrons. The molecule has 1 spiro atoms. The van der Waals surface area contributed by atoms with Gasteiger partial charge in [-0.1, -0.05) is 19.3 Å². The molecular formula is C21H37IN6OS. The smallest absolute Gasteiger partial charge is 0.345 e. The van der Waals surface area contributed by atoms with Crippen LogP contribution in [0.4, 0.5) is 0 Å². The Hall–Kier alpha value is -0.710. The Labute approximate surface area is 201 Å². The van der Waals surface area contributed by atoms with E-state index < -0.39 is 0 Å². The van der Waals surface area contributed by atoms with Crippen LogP contribution in [-0.2, 0) is 19.5 Å². The summed E-state index contributed by atoms with van der Waals surface area (Å²) in [6, 6.07) is 0. The van der Waals surface area contributed by atoms with Crippen molar-refractivity contribution in [3.05, 3.63) is 16.3 Å². The molecule has 1 aliphatic carbocycles. The van der Waals surface area contributed by atoms with Crippen LogP contribution in [0.1, 0.15) is 64.1 Å². The fourth-order valence-electron chi connectivity index (χ4n) is 4.95. The third-order valence-corrected chi connectivity index (χ3v) is 8.01. The van der Waals surface area contributed by atoms with E-state index in [1.54, 1.807) is 4.68 Å². The van der Waals surface area contributed by atoms with E-state index in [0.717, 1.165) is 70.2 Å². The largest absolute Gasteiger partial charge is 0.357 e. The summed E-state index contributed by atoms with van der Waals surface area (Å²) in [6.45, 7) is 7.44. The number of hydrogen-bond donors (Lipinski definition) is 1. The van der Waals surface area contributed by atoms with Crippen LogP contribution in [-0.4, -0.2) is 61.9 Å². The van der Waals surface area contributed by atoms with Crippen molar-refractivity contribution in [3.8, 4) is 0 Å². The molecule has 0 radical (unpaired) electrons. The lowest BCUT2D eigenvalue weighted by Gasteiger charge is -2.45. The van der Waals surface area contributed by atoms with Gasteiger partial charge in [0.2, 0.25) is 0 Å². The lowest BCUT2D eigenvalue weighted by Crippen LogP contribution is -2.53. The number of hydrogen-bond acceptors (Lipinski definition) is 4. The Morgan fingerprint density at radius 2 is 2.03 bits per heavy atom. The van der Waals surface area contributed by atoms with Gasteiger partial charge in [0.15, 0.2) is 5.96 Å². The van der Waals surface area contributed by atoms with Crippen LogP contribution in [0.25, 0.3) is 0 Å². The summed E-state index contributed by atoms with van der Waals surface area (Å²) >= 11 is 2.19. The third-order valence-electron chi connectivity index (χ3n) is 6.47. The predicted molar refractivity (Wildman–Crippen MR) is 135 cm³/mol. The van der Waals surface area contributed by atoms with E-state index >= 15 is 0 Å². The van der Waals surface area contributed by atoms with Gasteiger partial charge in [0.25, 0.3) is 0 Å². The first-order chi connectivity index (χ1) is 14.2. The summed E-state index contributed by atoms with van der Waals surface area (Å²) in [5.74, 6) is 3.20. The molecule has 1 aromatic heterocycles. The first-order valence-corrected chi connectivity index (χ1v) is 12.5. The molecule has 4 rings (SSSR count). The monoisotopic (exact) mass is 548 g/mol. The molecule has 9 heteroatoms. The molecule has 3 aliphatic rings. The molecule has 3 heterocycles. The lowest BCUT2D eigenvalue weighted by atomic mass is 9.87. The maximum absolute atomic E-state index is 12.5. The van der Waals surface area contributed by atoms with Crippen LogP contribution in [0, 0.1) is 0 Å². The molecule has 2 fully saturated rings. The maximum atomic E-state index is 12.5. The summed E-state index contributed by atoms with van der Waals surface area (Å²) in [5, 5.41) is 8.04. The minimum Gasteiger partial charge on any atom is -0.357 e. The van der Waals surface area contributed by atoms with E-state index in [9.17, 15) is 4.79 Å². The van der Waals surface area contributed by atoms with Crippen molar-refractivity contribution in [2.45, 2.75) is 82.5 Å². The number of aromatic nitrogens is 3. The Balaban J connectivity index is 0.00000256. The van der Waals surface area contributed by atoms with E-state index in [2.05, 4.69) is 34.0 Å². The second-order valence-corrected chi connectivity index (χ2v) is 10.2. The number of nitrogens with one attached hydrogen (secondary N) is 1. The molecule has 0 amide bonds. The fraction of sp³-hybridized carbons (Fsp3) is 0.857. The first-order valence-electron chi connectivity index (χ1n) is 11.5. The number of aliphatic imine (C=N–C) groups is 1. The Bertz CT molecular complexity index is 765. The topological polar surface area (TPSA) is 67.5 Å². The van der Waals surface area contributed by atoms with Crippen molar-refractivity contribution in [3.63, 3.8) is 0 Å². The molecule has 0 unspecified atom stereocenters. The van der Waals surface area contributed by atoms with Gasteiger partial charge in [0.05, 0.1) is 0 Å². The maximum Gasteiger partial charge on any atom is 0.345 e. The minimum absolute atomic E-state index is 0. The van der Waals surface area contributed by atoms with Crippen molar-refractivity contribution in [2.75, 3.05) is 31.9 Å². The number of fused-ring (bicyclic) bond motifs is 1. The highest BCUT2D eigenvalue weighted by atomic mass is 127. The molecule has 1 saturated heterocycles. The van der Waals surface area contributed by atoms with Crippen molar-refractivity contribution in [1.82, 2.24) is 24.6 Å². The average Bonchev–Trinajstić information content (AvgIpc) is 3.07. The number of guanidine groups is 1. The van der Waals surface area contributed by atoms with Gasteiger partial charge in [-0.25, -0.2) is 9.48 Å².